The third-order valence-corrected chi connectivity index (χ3v) is 3.15. The molecule has 0 aliphatic heterocycles. The summed E-state index contributed by atoms with van der Waals surface area (Å²) in [4.78, 5) is 4.11. The summed E-state index contributed by atoms with van der Waals surface area (Å²) in [6, 6.07) is 4.58. The standard InChI is InChI=1S/C15H26N2O/c1-4-5-6-7-8-13(2)17-12-14-9-10-16-15(11-14)18-3/h9-11,13,17H,4-8,12H2,1-3H3. The van der Waals surface area contributed by atoms with E-state index in [1.54, 1.807) is 13.3 Å². The van der Waals surface area contributed by atoms with Gasteiger partial charge in [-0.3, -0.25) is 0 Å². The van der Waals surface area contributed by atoms with Crippen LogP contribution >= 0.6 is 0 Å². The molecule has 0 aliphatic carbocycles. The van der Waals surface area contributed by atoms with Crippen LogP contribution in [0, 0.1) is 0 Å². The second-order valence-electron chi connectivity index (χ2n) is 4.84. The number of unbranched alkanes of at least 4 members (excludes halogenated alkanes) is 3. The largest absolute Gasteiger partial charge is 0.481 e. The van der Waals surface area contributed by atoms with E-state index in [4.69, 9.17) is 4.74 Å². The van der Waals surface area contributed by atoms with Crippen LogP contribution < -0.4 is 10.1 Å². The lowest BCUT2D eigenvalue weighted by Gasteiger charge is -2.13. The van der Waals surface area contributed by atoms with Gasteiger partial charge in [0.05, 0.1) is 7.11 Å². The molecule has 18 heavy (non-hydrogen) atoms. The van der Waals surface area contributed by atoms with Crippen LogP contribution in [0.15, 0.2) is 18.3 Å². The van der Waals surface area contributed by atoms with Gasteiger partial charge in [-0.1, -0.05) is 32.6 Å². The number of rotatable bonds is 9. The van der Waals surface area contributed by atoms with Crippen LogP contribution in [0.1, 0.15) is 51.5 Å². The highest BCUT2D eigenvalue weighted by Crippen LogP contribution is 2.09. The first-order valence-corrected chi connectivity index (χ1v) is 6.98. The fourth-order valence-corrected chi connectivity index (χ4v) is 1.94. The zero-order chi connectivity index (χ0) is 13.2. The minimum absolute atomic E-state index is 0.570. The molecule has 102 valence electrons. The molecule has 1 N–H and O–H groups in total. The van der Waals surface area contributed by atoms with E-state index in [0.717, 1.165) is 6.54 Å². The fraction of sp³-hybridized carbons (Fsp3) is 0.667. The van der Waals surface area contributed by atoms with Crippen molar-refractivity contribution >= 4 is 0 Å². The normalized spacial score (nSPS) is 12.4. The lowest BCUT2D eigenvalue weighted by Crippen LogP contribution is -2.25. The minimum Gasteiger partial charge on any atom is -0.481 e. The maximum atomic E-state index is 5.11. The molecule has 1 aromatic rings. The van der Waals surface area contributed by atoms with Gasteiger partial charge in [0.25, 0.3) is 0 Å². The number of nitrogens with zero attached hydrogens (tertiary/aromatic N) is 1. The van der Waals surface area contributed by atoms with Gasteiger partial charge < -0.3 is 10.1 Å². The molecule has 1 rings (SSSR count). The SMILES string of the molecule is CCCCCCC(C)NCc1ccnc(OC)c1. The van der Waals surface area contributed by atoms with E-state index >= 15 is 0 Å². The summed E-state index contributed by atoms with van der Waals surface area (Å²) >= 11 is 0. The van der Waals surface area contributed by atoms with Crippen molar-refractivity contribution < 1.29 is 4.74 Å². The molecule has 1 aromatic heterocycles. The Hall–Kier alpha value is -1.09. The smallest absolute Gasteiger partial charge is 0.213 e. The molecule has 0 radical (unpaired) electrons. The van der Waals surface area contributed by atoms with E-state index in [1.165, 1.54) is 37.7 Å². The first kappa shape index (κ1) is 15.0. The average Bonchev–Trinajstić information content (AvgIpc) is 2.41. The second-order valence-corrected chi connectivity index (χ2v) is 4.84. The fourth-order valence-electron chi connectivity index (χ4n) is 1.94. The van der Waals surface area contributed by atoms with Gasteiger partial charge in [0.15, 0.2) is 0 Å². The van der Waals surface area contributed by atoms with Gasteiger partial charge in [-0.2, -0.15) is 0 Å². The van der Waals surface area contributed by atoms with E-state index in [2.05, 4.69) is 24.1 Å². The van der Waals surface area contributed by atoms with Gasteiger partial charge in [-0.25, -0.2) is 4.98 Å². The van der Waals surface area contributed by atoms with Crippen LogP contribution in [0.2, 0.25) is 0 Å². The topological polar surface area (TPSA) is 34.2 Å². The van der Waals surface area contributed by atoms with Gasteiger partial charge in [0.1, 0.15) is 0 Å². The summed E-state index contributed by atoms with van der Waals surface area (Å²) in [5.41, 5.74) is 1.22. The number of hydrogen-bond donors (Lipinski definition) is 1. The molecule has 1 heterocycles. The van der Waals surface area contributed by atoms with Gasteiger partial charge in [0, 0.05) is 24.8 Å². The number of aromatic nitrogens is 1. The Morgan fingerprint density at radius 3 is 2.89 bits per heavy atom. The molecule has 3 heteroatoms. The minimum atomic E-state index is 0.570. The van der Waals surface area contributed by atoms with Crippen molar-refractivity contribution in [1.29, 1.82) is 0 Å². The van der Waals surface area contributed by atoms with Crippen molar-refractivity contribution in [2.45, 2.75) is 58.5 Å². The van der Waals surface area contributed by atoms with Crippen molar-refractivity contribution in [3.63, 3.8) is 0 Å². The monoisotopic (exact) mass is 250 g/mol. The molecular formula is C15H26N2O. The molecule has 0 aliphatic rings. The Bertz CT molecular complexity index is 328. The summed E-state index contributed by atoms with van der Waals surface area (Å²) in [5, 5.41) is 3.54. The van der Waals surface area contributed by atoms with Crippen LogP contribution in [-0.4, -0.2) is 18.1 Å². The molecule has 0 spiro atoms. The van der Waals surface area contributed by atoms with Crippen molar-refractivity contribution in [3.05, 3.63) is 23.9 Å². The lowest BCUT2D eigenvalue weighted by molar-refractivity contribution is 0.396. The Morgan fingerprint density at radius 1 is 1.33 bits per heavy atom. The zero-order valence-corrected chi connectivity index (χ0v) is 11.9. The number of methoxy groups -OCH3 is 1. The van der Waals surface area contributed by atoms with Gasteiger partial charge in [0.2, 0.25) is 5.88 Å². The summed E-state index contributed by atoms with van der Waals surface area (Å²) in [5.74, 6) is 0.685. The molecule has 0 aromatic carbocycles. The molecule has 0 saturated carbocycles. The van der Waals surface area contributed by atoms with Crippen LogP contribution in [-0.2, 0) is 6.54 Å². The van der Waals surface area contributed by atoms with Crippen molar-refractivity contribution in [1.82, 2.24) is 10.3 Å². The molecule has 3 nitrogen and oxygen atoms in total. The van der Waals surface area contributed by atoms with Crippen LogP contribution in [0.25, 0.3) is 0 Å². The Labute approximate surface area is 111 Å². The number of ether oxygens (including phenoxy) is 1. The zero-order valence-electron chi connectivity index (χ0n) is 11.9. The lowest BCUT2D eigenvalue weighted by atomic mass is 10.1. The highest BCUT2D eigenvalue weighted by atomic mass is 16.5. The number of pyridine rings is 1. The van der Waals surface area contributed by atoms with Gasteiger partial charge in [-0.15, -0.1) is 0 Å². The van der Waals surface area contributed by atoms with Crippen LogP contribution in [0.5, 0.6) is 5.88 Å². The van der Waals surface area contributed by atoms with Crippen LogP contribution in [0.4, 0.5) is 0 Å². The summed E-state index contributed by atoms with van der Waals surface area (Å²) < 4.78 is 5.11. The van der Waals surface area contributed by atoms with E-state index < -0.39 is 0 Å². The highest BCUT2D eigenvalue weighted by molar-refractivity contribution is 5.20. The maximum absolute atomic E-state index is 5.11. The van der Waals surface area contributed by atoms with E-state index in [1.807, 2.05) is 12.1 Å². The third kappa shape index (κ3) is 6.01. The van der Waals surface area contributed by atoms with Crippen molar-refractivity contribution in [3.8, 4) is 5.88 Å². The molecule has 1 unspecified atom stereocenters. The number of nitrogens with one attached hydrogen (secondary N) is 1. The number of hydrogen-bond acceptors (Lipinski definition) is 3. The molecule has 0 bridgehead atoms. The maximum Gasteiger partial charge on any atom is 0.213 e. The van der Waals surface area contributed by atoms with Crippen LogP contribution in [0.3, 0.4) is 0 Å². The van der Waals surface area contributed by atoms with Crippen molar-refractivity contribution in [2.24, 2.45) is 0 Å². The van der Waals surface area contributed by atoms with Gasteiger partial charge >= 0.3 is 0 Å². The first-order valence-electron chi connectivity index (χ1n) is 6.98. The van der Waals surface area contributed by atoms with Crippen molar-refractivity contribution in [2.75, 3.05) is 7.11 Å². The van der Waals surface area contributed by atoms with E-state index in [0.29, 0.717) is 11.9 Å². The first-order chi connectivity index (χ1) is 8.76. The second kappa shape index (κ2) is 8.92. The molecule has 0 fully saturated rings. The van der Waals surface area contributed by atoms with E-state index in [9.17, 15) is 0 Å². The predicted octanol–water partition coefficient (Wildman–Crippen LogP) is 3.54. The summed E-state index contributed by atoms with van der Waals surface area (Å²) in [6.45, 7) is 5.39. The molecule has 0 saturated heterocycles. The molecule has 0 amide bonds. The quantitative estimate of drug-likeness (QED) is 0.681. The Balaban J connectivity index is 2.22. The average molecular weight is 250 g/mol. The third-order valence-electron chi connectivity index (χ3n) is 3.15. The van der Waals surface area contributed by atoms with Gasteiger partial charge in [-0.05, 0) is 25.0 Å². The summed E-state index contributed by atoms with van der Waals surface area (Å²) in [6.07, 6.45) is 8.38. The predicted molar refractivity (Wildman–Crippen MR) is 75.8 cm³/mol. The molecule has 1 atom stereocenters. The van der Waals surface area contributed by atoms with E-state index in [-0.39, 0.29) is 0 Å². The Morgan fingerprint density at radius 2 is 2.17 bits per heavy atom. The summed E-state index contributed by atoms with van der Waals surface area (Å²) in [7, 11) is 1.65. The highest BCUT2D eigenvalue weighted by Gasteiger charge is 2.02. The Kier molecular flexibility index (Phi) is 7.42. The molecular weight excluding hydrogens is 224 g/mol.